The predicted molar refractivity (Wildman–Crippen MR) is 64.9 cm³/mol. The van der Waals surface area contributed by atoms with Crippen molar-refractivity contribution in [2.75, 3.05) is 0 Å². The molecule has 1 saturated carbocycles. The molecule has 0 bridgehead atoms. The number of rotatable bonds is 2. The summed E-state index contributed by atoms with van der Waals surface area (Å²) >= 11 is 0. The smallest absolute Gasteiger partial charge is 0.0409 e. The molecule has 1 nitrogen and oxygen atoms in total. The van der Waals surface area contributed by atoms with Gasteiger partial charge < -0.3 is 5.73 Å². The molecule has 0 amide bonds. The first-order valence-electron chi connectivity index (χ1n) is 6.01. The lowest BCUT2D eigenvalue weighted by Crippen LogP contribution is -2.33. The Morgan fingerprint density at radius 1 is 1.20 bits per heavy atom. The van der Waals surface area contributed by atoms with E-state index in [2.05, 4.69) is 38.1 Å². The van der Waals surface area contributed by atoms with E-state index in [0.29, 0.717) is 5.92 Å². The Labute approximate surface area is 92.7 Å². The Kier molecular flexibility index (Phi) is 2.83. The van der Waals surface area contributed by atoms with Gasteiger partial charge >= 0.3 is 0 Å². The summed E-state index contributed by atoms with van der Waals surface area (Å²) in [6, 6.07) is 8.84. The van der Waals surface area contributed by atoms with Gasteiger partial charge in [0.05, 0.1) is 0 Å². The van der Waals surface area contributed by atoms with Crippen LogP contribution >= 0.6 is 0 Å². The van der Waals surface area contributed by atoms with Gasteiger partial charge in [0.15, 0.2) is 0 Å². The van der Waals surface area contributed by atoms with Gasteiger partial charge in [-0.3, -0.25) is 0 Å². The summed E-state index contributed by atoms with van der Waals surface area (Å²) in [7, 11) is 0. The maximum atomic E-state index is 6.45. The van der Waals surface area contributed by atoms with E-state index in [4.69, 9.17) is 5.73 Å². The van der Waals surface area contributed by atoms with Crippen molar-refractivity contribution in [1.82, 2.24) is 0 Å². The van der Waals surface area contributed by atoms with Crippen molar-refractivity contribution in [2.45, 2.75) is 51.0 Å². The summed E-state index contributed by atoms with van der Waals surface area (Å²) in [5.74, 6) is 0.593. The van der Waals surface area contributed by atoms with Crippen LogP contribution in [0.4, 0.5) is 0 Å². The highest BCUT2D eigenvalue weighted by Gasteiger charge is 2.31. The van der Waals surface area contributed by atoms with Crippen molar-refractivity contribution in [3.63, 3.8) is 0 Å². The molecule has 0 spiro atoms. The molecule has 0 aliphatic heterocycles. The van der Waals surface area contributed by atoms with E-state index in [1.807, 2.05) is 0 Å². The molecule has 0 saturated heterocycles. The lowest BCUT2D eigenvalue weighted by atomic mass is 9.87. The van der Waals surface area contributed by atoms with Crippen LogP contribution in [-0.4, -0.2) is 0 Å². The van der Waals surface area contributed by atoms with Crippen LogP contribution < -0.4 is 5.73 Å². The van der Waals surface area contributed by atoms with Crippen molar-refractivity contribution in [1.29, 1.82) is 0 Å². The summed E-state index contributed by atoms with van der Waals surface area (Å²) in [6.07, 6.45) is 4.86. The van der Waals surface area contributed by atoms with Gasteiger partial charge in [0.2, 0.25) is 0 Å². The lowest BCUT2D eigenvalue weighted by molar-refractivity contribution is 0.461. The molecule has 0 unspecified atom stereocenters. The average Bonchev–Trinajstić information content (AvgIpc) is 2.67. The fraction of sp³-hybridized carbons (Fsp3) is 0.571. The second kappa shape index (κ2) is 3.97. The highest BCUT2D eigenvalue weighted by Crippen LogP contribution is 2.36. The average molecular weight is 203 g/mol. The Bertz CT molecular complexity index is 335. The number of nitrogens with two attached hydrogens (primary N) is 1. The quantitative estimate of drug-likeness (QED) is 0.781. The van der Waals surface area contributed by atoms with Crippen molar-refractivity contribution in [3.05, 3.63) is 35.4 Å². The minimum atomic E-state index is -0.0368. The molecular formula is C14H21N. The Balaban J connectivity index is 2.31. The molecule has 1 fully saturated rings. The van der Waals surface area contributed by atoms with E-state index in [1.54, 1.807) is 0 Å². The van der Waals surface area contributed by atoms with Crippen LogP contribution in [0.3, 0.4) is 0 Å². The van der Waals surface area contributed by atoms with Crippen LogP contribution in [0.25, 0.3) is 0 Å². The normalized spacial score (nSPS) is 19.7. The fourth-order valence-electron chi connectivity index (χ4n) is 2.50. The Morgan fingerprint density at radius 2 is 1.87 bits per heavy atom. The highest BCUT2D eigenvalue weighted by atomic mass is 14.8. The summed E-state index contributed by atoms with van der Waals surface area (Å²) in [5, 5.41) is 0. The predicted octanol–water partition coefficient (Wildman–Crippen LogP) is 3.54. The van der Waals surface area contributed by atoms with Crippen molar-refractivity contribution < 1.29 is 0 Å². The van der Waals surface area contributed by atoms with Gasteiger partial charge in [-0.2, -0.15) is 0 Å². The van der Waals surface area contributed by atoms with Gasteiger partial charge in [0, 0.05) is 5.54 Å². The first-order valence-corrected chi connectivity index (χ1v) is 6.01. The van der Waals surface area contributed by atoms with E-state index in [9.17, 15) is 0 Å². The topological polar surface area (TPSA) is 26.0 Å². The zero-order valence-corrected chi connectivity index (χ0v) is 9.79. The summed E-state index contributed by atoms with van der Waals surface area (Å²) in [6.45, 7) is 4.47. The summed E-state index contributed by atoms with van der Waals surface area (Å²) in [5.41, 5.74) is 9.16. The molecule has 2 N–H and O–H groups in total. The fourth-order valence-corrected chi connectivity index (χ4v) is 2.50. The molecule has 1 aromatic rings. The molecule has 0 radical (unpaired) electrons. The van der Waals surface area contributed by atoms with Crippen molar-refractivity contribution in [3.8, 4) is 0 Å². The second-order valence-corrected chi connectivity index (χ2v) is 5.14. The summed E-state index contributed by atoms with van der Waals surface area (Å²) < 4.78 is 0. The van der Waals surface area contributed by atoms with E-state index in [0.717, 1.165) is 12.8 Å². The number of hydrogen-bond donors (Lipinski definition) is 1. The molecule has 0 aromatic heterocycles. The van der Waals surface area contributed by atoms with E-state index >= 15 is 0 Å². The molecule has 82 valence electrons. The molecule has 15 heavy (non-hydrogen) atoms. The lowest BCUT2D eigenvalue weighted by Gasteiger charge is -2.25. The van der Waals surface area contributed by atoms with E-state index < -0.39 is 0 Å². The van der Waals surface area contributed by atoms with Crippen LogP contribution in [0.2, 0.25) is 0 Å². The zero-order valence-electron chi connectivity index (χ0n) is 9.79. The Morgan fingerprint density at radius 3 is 2.47 bits per heavy atom. The van der Waals surface area contributed by atoms with Crippen molar-refractivity contribution in [2.24, 2.45) is 5.73 Å². The Hall–Kier alpha value is -0.820. The third-order valence-corrected chi connectivity index (χ3v) is 3.62. The van der Waals surface area contributed by atoms with Gasteiger partial charge in [0.25, 0.3) is 0 Å². The maximum Gasteiger partial charge on any atom is 0.0409 e. The van der Waals surface area contributed by atoms with Gasteiger partial charge in [0.1, 0.15) is 0 Å². The summed E-state index contributed by atoms with van der Waals surface area (Å²) in [4.78, 5) is 0. The van der Waals surface area contributed by atoms with Gasteiger partial charge in [-0.25, -0.2) is 0 Å². The third kappa shape index (κ3) is 2.07. The minimum absolute atomic E-state index is 0.0368. The first-order chi connectivity index (χ1) is 7.12. The maximum absolute atomic E-state index is 6.45. The molecule has 1 aliphatic rings. The van der Waals surface area contributed by atoms with Crippen LogP contribution in [-0.2, 0) is 5.54 Å². The SMILES string of the molecule is CC(C)c1cccc(C2(N)CCCC2)c1. The van der Waals surface area contributed by atoms with Crippen LogP contribution in [0, 0.1) is 0 Å². The van der Waals surface area contributed by atoms with Crippen LogP contribution in [0.5, 0.6) is 0 Å². The van der Waals surface area contributed by atoms with Crippen LogP contribution in [0.1, 0.15) is 56.6 Å². The number of hydrogen-bond acceptors (Lipinski definition) is 1. The van der Waals surface area contributed by atoms with Gasteiger partial charge in [-0.15, -0.1) is 0 Å². The van der Waals surface area contributed by atoms with Gasteiger partial charge in [-0.1, -0.05) is 51.0 Å². The molecular weight excluding hydrogens is 182 g/mol. The largest absolute Gasteiger partial charge is 0.321 e. The zero-order chi connectivity index (χ0) is 10.9. The number of benzene rings is 1. The molecule has 1 aliphatic carbocycles. The molecule has 1 aromatic carbocycles. The standard InChI is InChI=1S/C14H21N/c1-11(2)12-6-5-7-13(10-12)14(15)8-3-4-9-14/h5-7,10-11H,3-4,8-9,15H2,1-2H3. The van der Waals surface area contributed by atoms with E-state index in [-0.39, 0.29) is 5.54 Å². The molecule has 0 heterocycles. The third-order valence-electron chi connectivity index (χ3n) is 3.62. The highest BCUT2D eigenvalue weighted by molar-refractivity contribution is 5.31. The monoisotopic (exact) mass is 203 g/mol. The molecule has 0 atom stereocenters. The van der Waals surface area contributed by atoms with Crippen molar-refractivity contribution >= 4 is 0 Å². The first kappa shape index (κ1) is 10.7. The van der Waals surface area contributed by atoms with E-state index in [1.165, 1.54) is 24.0 Å². The van der Waals surface area contributed by atoms with Crippen LogP contribution in [0.15, 0.2) is 24.3 Å². The molecule has 1 heteroatoms. The molecule has 2 rings (SSSR count). The van der Waals surface area contributed by atoms with Gasteiger partial charge in [-0.05, 0) is 29.9 Å². The minimum Gasteiger partial charge on any atom is -0.321 e. The second-order valence-electron chi connectivity index (χ2n) is 5.14.